The molecule has 0 radical (unpaired) electrons. The molecule has 1 aliphatic rings. The third-order valence-corrected chi connectivity index (χ3v) is 4.70. The molecular weight excluding hydrogens is 258 g/mol. The Labute approximate surface area is 119 Å². The fraction of sp³-hybridized carbons (Fsp3) is 0.533. The van der Waals surface area contributed by atoms with E-state index in [2.05, 4.69) is 0 Å². The van der Waals surface area contributed by atoms with Crippen LogP contribution in [-0.4, -0.2) is 34.8 Å². The van der Waals surface area contributed by atoms with Crippen LogP contribution in [0.4, 0.5) is 0 Å². The van der Waals surface area contributed by atoms with E-state index in [0.29, 0.717) is 0 Å². The van der Waals surface area contributed by atoms with Crippen LogP contribution in [0, 0.1) is 5.92 Å². The first kappa shape index (κ1) is 14.3. The Hall–Kier alpha value is -1.16. The predicted octanol–water partition coefficient (Wildman–Crippen LogP) is 3.13. The first-order valence-corrected chi connectivity index (χ1v) is 7.86. The minimum Gasteiger partial charge on any atom is -0.508 e. The number of carbonyl (C=O) groups is 1. The van der Waals surface area contributed by atoms with Crippen LogP contribution in [0.15, 0.2) is 29.2 Å². The average Bonchev–Trinajstić information content (AvgIpc) is 2.46. The third-order valence-electron chi connectivity index (χ3n) is 3.43. The van der Waals surface area contributed by atoms with E-state index in [1.54, 1.807) is 23.9 Å². The van der Waals surface area contributed by atoms with E-state index in [1.165, 1.54) is 6.42 Å². The van der Waals surface area contributed by atoms with Crippen molar-refractivity contribution in [2.45, 2.75) is 31.1 Å². The standard InChI is InChI=1S/C15H21NO2S/c1-12(15(18)16-9-3-2-4-10-16)11-19-14-7-5-13(17)6-8-14/h5-8,12,17H,2-4,9-11H2,1H3. The number of phenolic OH excluding ortho intramolecular Hbond substituents is 1. The Balaban J connectivity index is 1.81. The maximum absolute atomic E-state index is 12.2. The summed E-state index contributed by atoms with van der Waals surface area (Å²) in [5.74, 6) is 1.41. The molecular formula is C15H21NO2S. The highest BCUT2D eigenvalue weighted by molar-refractivity contribution is 7.99. The van der Waals surface area contributed by atoms with Crippen LogP contribution < -0.4 is 0 Å². The molecule has 0 spiro atoms. The molecule has 0 saturated carbocycles. The Morgan fingerprint density at radius 1 is 1.26 bits per heavy atom. The molecule has 1 saturated heterocycles. The van der Waals surface area contributed by atoms with Gasteiger partial charge in [-0.05, 0) is 43.5 Å². The van der Waals surface area contributed by atoms with E-state index in [0.717, 1.165) is 36.6 Å². The second-order valence-electron chi connectivity index (χ2n) is 5.09. The molecule has 3 nitrogen and oxygen atoms in total. The molecule has 104 valence electrons. The Morgan fingerprint density at radius 3 is 2.53 bits per heavy atom. The van der Waals surface area contributed by atoms with E-state index in [4.69, 9.17) is 0 Å². The molecule has 19 heavy (non-hydrogen) atoms. The average molecular weight is 279 g/mol. The lowest BCUT2D eigenvalue weighted by molar-refractivity contribution is -0.135. The second kappa shape index (κ2) is 6.85. The molecule has 1 N–H and O–H groups in total. The molecule has 1 aromatic carbocycles. The summed E-state index contributed by atoms with van der Waals surface area (Å²) in [5.41, 5.74) is 0. The van der Waals surface area contributed by atoms with Crippen molar-refractivity contribution < 1.29 is 9.90 Å². The number of hydrogen-bond acceptors (Lipinski definition) is 3. The molecule has 1 aromatic rings. The van der Waals surface area contributed by atoms with Gasteiger partial charge < -0.3 is 10.0 Å². The zero-order chi connectivity index (χ0) is 13.7. The third kappa shape index (κ3) is 4.16. The van der Waals surface area contributed by atoms with Gasteiger partial charge in [0.1, 0.15) is 5.75 Å². The summed E-state index contributed by atoms with van der Waals surface area (Å²) in [6.07, 6.45) is 3.54. The van der Waals surface area contributed by atoms with Gasteiger partial charge in [0.05, 0.1) is 0 Å². The van der Waals surface area contributed by atoms with Crippen LogP contribution in [0.3, 0.4) is 0 Å². The van der Waals surface area contributed by atoms with Gasteiger partial charge in [0, 0.05) is 29.7 Å². The van der Waals surface area contributed by atoms with Gasteiger partial charge in [-0.25, -0.2) is 0 Å². The molecule has 0 aliphatic carbocycles. The summed E-state index contributed by atoms with van der Waals surface area (Å²) in [4.78, 5) is 15.3. The lowest BCUT2D eigenvalue weighted by Crippen LogP contribution is -2.39. The first-order chi connectivity index (χ1) is 9.16. The number of phenols is 1. The Morgan fingerprint density at radius 2 is 1.89 bits per heavy atom. The fourth-order valence-electron chi connectivity index (χ4n) is 2.26. The number of likely N-dealkylation sites (tertiary alicyclic amines) is 1. The van der Waals surface area contributed by atoms with Gasteiger partial charge in [-0.2, -0.15) is 0 Å². The summed E-state index contributed by atoms with van der Waals surface area (Å²) in [5, 5.41) is 9.22. The molecule has 2 rings (SSSR count). The second-order valence-corrected chi connectivity index (χ2v) is 6.19. The fourth-order valence-corrected chi connectivity index (χ4v) is 3.17. The number of aromatic hydroxyl groups is 1. The molecule has 4 heteroatoms. The van der Waals surface area contributed by atoms with Crippen molar-refractivity contribution in [3.05, 3.63) is 24.3 Å². The number of carbonyl (C=O) groups excluding carboxylic acids is 1. The number of thioether (sulfide) groups is 1. The van der Waals surface area contributed by atoms with E-state index in [-0.39, 0.29) is 17.6 Å². The molecule has 1 aliphatic heterocycles. The summed E-state index contributed by atoms with van der Waals surface area (Å²) in [6, 6.07) is 7.13. The van der Waals surface area contributed by atoms with Crippen molar-refractivity contribution in [3.8, 4) is 5.75 Å². The predicted molar refractivity (Wildman–Crippen MR) is 78.4 cm³/mol. The smallest absolute Gasteiger partial charge is 0.226 e. The summed E-state index contributed by atoms with van der Waals surface area (Å²) in [7, 11) is 0. The number of piperidine rings is 1. The Bertz CT molecular complexity index is 413. The van der Waals surface area contributed by atoms with E-state index >= 15 is 0 Å². The quantitative estimate of drug-likeness (QED) is 0.861. The van der Waals surface area contributed by atoms with Crippen LogP contribution in [0.1, 0.15) is 26.2 Å². The molecule has 1 heterocycles. The number of rotatable bonds is 4. The van der Waals surface area contributed by atoms with Crippen LogP contribution in [-0.2, 0) is 4.79 Å². The van der Waals surface area contributed by atoms with Crippen LogP contribution >= 0.6 is 11.8 Å². The lowest BCUT2D eigenvalue weighted by Gasteiger charge is -2.29. The van der Waals surface area contributed by atoms with Crippen molar-refractivity contribution in [2.75, 3.05) is 18.8 Å². The summed E-state index contributed by atoms with van der Waals surface area (Å²) >= 11 is 1.67. The first-order valence-electron chi connectivity index (χ1n) is 6.87. The van der Waals surface area contributed by atoms with Gasteiger partial charge >= 0.3 is 0 Å². The summed E-state index contributed by atoms with van der Waals surface area (Å²) < 4.78 is 0. The van der Waals surface area contributed by atoms with Crippen molar-refractivity contribution in [2.24, 2.45) is 5.92 Å². The van der Waals surface area contributed by atoms with Gasteiger partial charge in [0.15, 0.2) is 0 Å². The zero-order valence-electron chi connectivity index (χ0n) is 11.3. The van der Waals surface area contributed by atoms with Gasteiger partial charge in [-0.1, -0.05) is 6.92 Å². The number of hydrogen-bond donors (Lipinski definition) is 1. The van der Waals surface area contributed by atoms with Crippen LogP contribution in [0.5, 0.6) is 5.75 Å². The van der Waals surface area contributed by atoms with Crippen LogP contribution in [0.2, 0.25) is 0 Å². The molecule has 0 bridgehead atoms. The van der Waals surface area contributed by atoms with Gasteiger partial charge in [0.25, 0.3) is 0 Å². The van der Waals surface area contributed by atoms with Crippen LogP contribution in [0.25, 0.3) is 0 Å². The topological polar surface area (TPSA) is 40.5 Å². The van der Waals surface area contributed by atoms with E-state index < -0.39 is 0 Å². The van der Waals surface area contributed by atoms with E-state index in [9.17, 15) is 9.90 Å². The maximum atomic E-state index is 12.2. The van der Waals surface area contributed by atoms with Crippen molar-refractivity contribution >= 4 is 17.7 Å². The highest BCUT2D eigenvalue weighted by Crippen LogP contribution is 2.24. The molecule has 1 fully saturated rings. The number of amides is 1. The minimum atomic E-state index is 0.0527. The normalized spacial score (nSPS) is 17.2. The highest BCUT2D eigenvalue weighted by Gasteiger charge is 2.21. The van der Waals surface area contributed by atoms with E-state index in [1.807, 2.05) is 24.0 Å². The largest absolute Gasteiger partial charge is 0.508 e. The minimum absolute atomic E-state index is 0.0527. The monoisotopic (exact) mass is 279 g/mol. The van der Waals surface area contributed by atoms with Crippen molar-refractivity contribution in [1.29, 1.82) is 0 Å². The van der Waals surface area contributed by atoms with Crippen molar-refractivity contribution in [3.63, 3.8) is 0 Å². The van der Waals surface area contributed by atoms with Gasteiger partial charge in [-0.15, -0.1) is 11.8 Å². The molecule has 1 unspecified atom stereocenters. The molecule has 0 aromatic heterocycles. The molecule has 1 atom stereocenters. The van der Waals surface area contributed by atoms with Gasteiger partial charge in [-0.3, -0.25) is 4.79 Å². The molecule has 1 amide bonds. The maximum Gasteiger partial charge on any atom is 0.226 e. The Kier molecular flexibility index (Phi) is 5.14. The van der Waals surface area contributed by atoms with Crippen molar-refractivity contribution in [1.82, 2.24) is 4.90 Å². The number of benzene rings is 1. The number of nitrogens with zero attached hydrogens (tertiary/aromatic N) is 1. The lowest BCUT2D eigenvalue weighted by atomic mass is 10.1. The summed E-state index contributed by atoms with van der Waals surface area (Å²) in [6.45, 7) is 3.85. The van der Waals surface area contributed by atoms with Gasteiger partial charge in [0.2, 0.25) is 5.91 Å². The SMILES string of the molecule is CC(CSc1ccc(O)cc1)C(=O)N1CCCCC1. The highest BCUT2D eigenvalue weighted by atomic mass is 32.2. The zero-order valence-corrected chi connectivity index (χ0v) is 12.2.